The first-order valence-corrected chi connectivity index (χ1v) is 4.77. The quantitative estimate of drug-likeness (QED) is 0.817. The molecule has 1 unspecified atom stereocenters. The third kappa shape index (κ3) is 2.58. The maximum atomic E-state index is 6.00. The van der Waals surface area contributed by atoms with Gasteiger partial charge in [-0.25, -0.2) is 0 Å². The van der Waals surface area contributed by atoms with Gasteiger partial charge in [-0.15, -0.1) is 0 Å². The van der Waals surface area contributed by atoms with E-state index in [0.29, 0.717) is 16.6 Å². The molecule has 0 fully saturated rings. The Hall–Kier alpha value is -0.280. The second kappa shape index (κ2) is 4.82. The number of nitrogens with two attached hydrogens (primary N) is 1. The van der Waals surface area contributed by atoms with E-state index < -0.39 is 0 Å². The van der Waals surface area contributed by atoms with Crippen LogP contribution in [0.2, 0.25) is 10.0 Å². The maximum Gasteiger partial charge on any atom is 0.0469 e. The summed E-state index contributed by atoms with van der Waals surface area (Å²) in [4.78, 5) is 0. The van der Waals surface area contributed by atoms with Gasteiger partial charge < -0.3 is 11.1 Å². The Morgan fingerprint density at radius 3 is 2.62 bits per heavy atom. The molecule has 0 bridgehead atoms. The van der Waals surface area contributed by atoms with E-state index in [2.05, 4.69) is 5.32 Å². The molecular weight excluding hydrogens is 207 g/mol. The van der Waals surface area contributed by atoms with Crippen LogP contribution in [0, 0.1) is 0 Å². The zero-order chi connectivity index (χ0) is 9.84. The van der Waals surface area contributed by atoms with Crippen LogP contribution >= 0.6 is 23.2 Å². The van der Waals surface area contributed by atoms with Gasteiger partial charge in [-0.05, 0) is 24.7 Å². The van der Waals surface area contributed by atoms with Gasteiger partial charge in [-0.3, -0.25) is 0 Å². The van der Waals surface area contributed by atoms with Gasteiger partial charge in [0.25, 0.3) is 0 Å². The fourth-order valence-corrected chi connectivity index (χ4v) is 1.72. The van der Waals surface area contributed by atoms with Crippen molar-refractivity contribution in [3.05, 3.63) is 33.8 Å². The molecule has 0 saturated heterocycles. The normalized spacial score (nSPS) is 12.9. The first kappa shape index (κ1) is 10.8. The van der Waals surface area contributed by atoms with Crippen molar-refractivity contribution >= 4 is 23.2 Å². The minimum Gasteiger partial charge on any atom is -0.329 e. The fourth-order valence-electron chi connectivity index (χ4n) is 1.18. The van der Waals surface area contributed by atoms with E-state index in [1.807, 2.05) is 19.2 Å². The lowest BCUT2D eigenvalue weighted by molar-refractivity contribution is 0.606. The number of nitrogens with one attached hydrogen (secondary N) is 1. The van der Waals surface area contributed by atoms with Gasteiger partial charge in [0.15, 0.2) is 0 Å². The van der Waals surface area contributed by atoms with Crippen LogP contribution in [0.15, 0.2) is 18.2 Å². The van der Waals surface area contributed by atoms with Crippen molar-refractivity contribution in [2.24, 2.45) is 5.73 Å². The Morgan fingerprint density at radius 2 is 2.15 bits per heavy atom. The maximum absolute atomic E-state index is 6.00. The van der Waals surface area contributed by atoms with Gasteiger partial charge in [-0.1, -0.05) is 29.3 Å². The molecule has 0 aliphatic carbocycles. The Morgan fingerprint density at radius 1 is 1.46 bits per heavy atom. The number of rotatable bonds is 3. The molecule has 0 aromatic heterocycles. The number of hydrogen-bond donors (Lipinski definition) is 2. The Kier molecular flexibility index (Phi) is 4.00. The zero-order valence-corrected chi connectivity index (χ0v) is 8.86. The predicted molar refractivity (Wildman–Crippen MR) is 57.3 cm³/mol. The predicted octanol–water partition coefficient (Wildman–Crippen LogP) is 2.21. The third-order valence-corrected chi connectivity index (χ3v) is 2.48. The second-order valence-corrected chi connectivity index (χ2v) is 3.59. The van der Waals surface area contributed by atoms with Crippen LogP contribution < -0.4 is 11.1 Å². The molecule has 13 heavy (non-hydrogen) atoms. The molecular formula is C9H12Cl2N2. The summed E-state index contributed by atoms with van der Waals surface area (Å²) in [5, 5.41) is 4.37. The van der Waals surface area contributed by atoms with Crippen molar-refractivity contribution in [3.8, 4) is 0 Å². The Balaban J connectivity index is 2.99. The van der Waals surface area contributed by atoms with Gasteiger partial charge in [0.2, 0.25) is 0 Å². The molecule has 0 saturated carbocycles. The van der Waals surface area contributed by atoms with Gasteiger partial charge in [0, 0.05) is 22.6 Å². The van der Waals surface area contributed by atoms with Gasteiger partial charge >= 0.3 is 0 Å². The summed E-state index contributed by atoms with van der Waals surface area (Å²) in [6.07, 6.45) is 0. The first-order valence-electron chi connectivity index (χ1n) is 4.01. The summed E-state index contributed by atoms with van der Waals surface area (Å²) in [5.41, 5.74) is 6.55. The fraction of sp³-hybridized carbons (Fsp3) is 0.333. The molecule has 72 valence electrons. The zero-order valence-electron chi connectivity index (χ0n) is 7.35. The molecule has 0 spiro atoms. The van der Waals surface area contributed by atoms with Crippen LogP contribution in [0.3, 0.4) is 0 Å². The van der Waals surface area contributed by atoms with Crippen LogP contribution in [0.1, 0.15) is 11.6 Å². The smallest absolute Gasteiger partial charge is 0.0469 e. The number of halogens is 2. The highest BCUT2D eigenvalue weighted by molar-refractivity contribution is 6.35. The molecule has 0 aliphatic rings. The summed E-state index contributed by atoms with van der Waals surface area (Å²) in [6, 6.07) is 5.50. The lowest BCUT2D eigenvalue weighted by Crippen LogP contribution is -2.25. The van der Waals surface area contributed by atoms with Crippen LogP contribution in [0.25, 0.3) is 0 Å². The molecule has 1 aromatic carbocycles. The number of hydrogen-bond acceptors (Lipinski definition) is 2. The van der Waals surface area contributed by atoms with Crippen molar-refractivity contribution in [2.75, 3.05) is 13.6 Å². The SMILES string of the molecule is CNC(CN)c1ccc(Cl)cc1Cl. The lowest BCUT2D eigenvalue weighted by Gasteiger charge is -2.15. The van der Waals surface area contributed by atoms with E-state index in [-0.39, 0.29) is 6.04 Å². The van der Waals surface area contributed by atoms with E-state index >= 15 is 0 Å². The molecule has 1 atom stereocenters. The van der Waals surface area contributed by atoms with Crippen LogP contribution in [0.5, 0.6) is 0 Å². The summed E-state index contributed by atoms with van der Waals surface area (Å²) in [5.74, 6) is 0. The Bertz CT molecular complexity index is 285. The average Bonchev–Trinajstić information content (AvgIpc) is 2.10. The molecule has 3 N–H and O–H groups in total. The van der Waals surface area contributed by atoms with Crippen molar-refractivity contribution in [3.63, 3.8) is 0 Å². The second-order valence-electron chi connectivity index (χ2n) is 2.74. The molecule has 4 heteroatoms. The van der Waals surface area contributed by atoms with Gasteiger partial charge in [0.05, 0.1) is 0 Å². The van der Waals surface area contributed by atoms with E-state index in [0.717, 1.165) is 5.56 Å². The summed E-state index contributed by atoms with van der Waals surface area (Å²) >= 11 is 11.8. The van der Waals surface area contributed by atoms with Crippen molar-refractivity contribution in [1.82, 2.24) is 5.32 Å². The molecule has 2 nitrogen and oxygen atoms in total. The van der Waals surface area contributed by atoms with Crippen molar-refractivity contribution in [2.45, 2.75) is 6.04 Å². The molecule has 0 radical (unpaired) electrons. The van der Waals surface area contributed by atoms with E-state index in [1.165, 1.54) is 0 Å². The summed E-state index contributed by atoms with van der Waals surface area (Å²) < 4.78 is 0. The monoisotopic (exact) mass is 218 g/mol. The molecule has 1 rings (SSSR count). The minimum absolute atomic E-state index is 0.0877. The summed E-state index contributed by atoms with van der Waals surface area (Å²) in [7, 11) is 1.85. The lowest BCUT2D eigenvalue weighted by atomic mass is 10.1. The third-order valence-electron chi connectivity index (χ3n) is 1.92. The minimum atomic E-state index is 0.0877. The molecule has 0 aliphatic heterocycles. The summed E-state index contributed by atoms with van der Waals surface area (Å²) in [6.45, 7) is 0.512. The first-order chi connectivity index (χ1) is 6.19. The standard InChI is InChI=1S/C9H12Cl2N2/c1-13-9(5-12)7-3-2-6(10)4-8(7)11/h2-4,9,13H,5,12H2,1H3. The van der Waals surface area contributed by atoms with E-state index in [4.69, 9.17) is 28.9 Å². The number of benzene rings is 1. The highest BCUT2D eigenvalue weighted by Crippen LogP contribution is 2.25. The van der Waals surface area contributed by atoms with Crippen LogP contribution in [-0.2, 0) is 0 Å². The largest absolute Gasteiger partial charge is 0.329 e. The number of likely N-dealkylation sites (N-methyl/N-ethyl adjacent to an activating group) is 1. The van der Waals surface area contributed by atoms with E-state index in [1.54, 1.807) is 6.07 Å². The van der Waals surface area contributed by atoms with Crippen LogP contribution in [-0.4, -0.2) is 13.6 Å². The molecule has 0 heterocycles. The van der Waals surface area contributed by atoms with Gasteiger partial charge in [-0.2, -0.15) is 0 Å². The topological polar surface area (TPSA) is 38.0 Å². The molecule has 0 amide bonds. The average molecular weight is 219 g/mol. The highest BCUT2D eigenvalue weighted by Gasteiger charge is 2.10. The van der Waals surface area contributed by atoms with Crippen molar-refractivity contribution < 1.29 is 0 Å². The van der Waals surface area contributed by atoms with E-state index in [9.17, 15) is 0 Å². The van der Waals surface area contributed by atoms with Gasteiger partial charge in [0.1, 0.15) is 0 Å². The molecule has 1 aromatic rings. The van der Waals surface area contributed by atoms with Crippen molar-refractivity contribution in [1.29, 1.82) is 0 Å². The highest BCUT2D eigenvalue weighted by atomic mass is 35.5. The Labute approximate surface area is 88.0 Å². The van der Waals surface area contributed by atoms with Crippen LogP contribution in [0.4, 0.5) is 0 Å².